The van der Waals surface area contributed by atoms with Crippen molar-refractivity contribution in [3.05, 3.63) is 18.5 Å². The van der Waals surface area contributed by atoms with Crippen LogP contribution >= 0.6 is 0 Å². The van der Waals surface area contributed by atoms with Crippen molar-refractivity contribution in [2.75, 3.05) is 57.8 Å². The Balaban J connectivity index is 1.40. The molecule has 0 aromatic carbocycles. The minimum absolute atomic E-state index is 0.115. The van der Waals surface area contributed by atoms with Gasteiger partial charge in [0.2, 0.25) is 11.9 Å². The van der Waals surface area contributed by atoms with E-state index in [9.17, 15) is 9.59 Å². The van der Waals surface area contributed by atoms with E-state index >= 15 is 0 Å². The zero-order valence-corrected chi connectivity index (χ0v) is 17.2. The summed E-state index contributed by atoms with van der Waals surface area (Å²) in [5, 5.41) is 0. The number of fused-ring (bicyclic) bond motifs is 1. The third kappa shape index (κ3) is 2.79. The van der Waals surface area contributed by atoms with Gasteiger partial charge in [0.1, 0.15) is 0 Å². The van der Waals surface area contributed by atoms with Crippen LogP contribution in [-0.4, -0.2) is 89.5 Å². The van der Waals surface area contributed by atoms with Gasteiger partial charge in [-0.3, -0.25) is 4.79 Å². The van der Waals surface area contributed by atoms with Crippen LogP contribution in [0.25, 0.3) is 0 Å². The van der Waals surface area contributed by atoms with Gasteiger partial charge in [0.05, 0.1) is 5.41 Å². The normalized spacial score (nSPS) is 28.9. The standard InChI is InChI=1S/C21H30N6O2/c1-24-12-7-21(17(24)28)16-27(18-22-8-4-9-23-18)15-20(21)5-13-26(14-6-20)19(29)25-10-2-3-11-25/h4,8-9H,2-3,5-7,10-16H2,1H3/t21-/m0/s1. The highest BCUT2D eigenvalue weighted by Crippen LogP contribution is 2.58. The van der Waals surface area contributed by atoms with Crippen molar-refractivity contribution in [2.24, 2.45) is 10.8 Å². The Kier molecular flexibility index (Phi) is 4.40. The molecule has 1 atom stereocenters. The van der Waals surface area contributed by atoms with E-state index in [0.29, 0.717) is 12.5 Å². The summed E-state index contributed by atoms with van der Waals surface area (Å²) < 4.78 is 0. The molecule has 1 aromatic rings. The lowest BCUT2D eigenvalue weighted by Crippen LogP contribution is -2.55. The summed E-state index contributed by atoms with van der Waals surface area (Å²) in [5.41, 5.74) is -0.500. The molecule has 2 spiro atoms. The zero-order chi connectivity index (χ0) is 20.1. The van der Waals surface area contributed by atoms with Gasteiger partial charge in [-0.2, -0.15) is 0 Å². The number of hydrogen-bond acceptors (Lipinski definition) is 5. The summed E-state index contributed by atoms with van der Waals surface area (Å²) in [4.78, 5) is 43.2. The lowest BCUT2D eigenvalue weighted by Gasteiger charge is -2.47. The Bertz CT molecular complexity index is 788. The van der Waals surface area contributed by atoms with Gasteiger partial charge in [-0.25, -0.2) is 14.8 Å². The van der Waals surface area contributed by atoms with Crippen LogP contribution in [0.4, 0.5) is 10.7 Å². The molecule has 1 aromatic heterocycles. The molecule has 4 fully saturated rings. The van der Waals surface area contributed by atoms with Gasteiger partial charge >= 0.3 is 6.03 Å². The van der Waals surface area contributed by atoms with E-state index in [4.69, 9.17) is 0 Å². The molecule has 8 nitrogen and oxygen atoms in total. The number of anilines is 1. The molecule has 4 aliphatic rings. The predicted octanol–water partition coefficient (Wildman–Crippen LogP) is 1.44. The monoisotopic (exact) mass is 398 g/mol. The maximum absolute atomic E-state index is 13.4. The van der Waals surface area contributed by atoms with Crippen LogP contribution in [0.2, 0.25) is 0 Å². The molecule has 3 amide bonds. The quantitative estimate of drug-likeness (QED) is 0.716. The minimum Gasteiger partial charge on any atom is -0.345 e. The number of carbonyl (C=O) groups is 2. The predicted molar refractivity (Wildman–Crippen MR) is 108 cm³/mol. The van der Waals surface area contributed by atoms with Gasteiger partial charge in [-0.05, 0) is 38.2 Å². The van der Waals surface area contributed by atoms with Crippen LogP contribution in [-0.2, 0) is 4.79 Å². The average molecular weight is 399 g/mol. The number of aromatic nitrogens is 2. The Morgan fingerprint density at radius 2 is 1.59 bits per heavy atom. The van der Waals surface area contributed by atoms with E-state index < -0.39 is 0 Å². The number of amides is 3. The Labute approximate surface area is 171 Å². The molecule has 0 bridgehead atoms. The summed E-state index contributed by atoms with van der Waals surface area (Å²) in [6.45, 7) is 5.51. The van der Waals surface area contributed by atoms with E-state index in [1.54, 1.807) is 12.4 Å². The SMILES string of the molecule is CN1CC[C@]2(CN(c3ncccn3)CC23CCN(C(=O)N2CCCC2)CC3)C1=O. The molecule has 0 radical (unpaired) electrons. The van der Waals surface area contributed by atoms with Crippen LogP contribution in [0.3, 0.4) is 0 Å². The third-order valence-corrected chi connectivity index (χ3v) is 7.80. The molecule has 4 saturated heterocycles. The average Bonchev–Trinajstić information content (AvgIpc) is 3.46. The van der Waals surface area contributed by atoms with Gasteiger partial charge in [-0.1, -0.05) is 0 Å². The first-order valence-electron chi connectivity index (χ1n) is 10.9. The van der Waals surface area contributed by atoms with Crippen LogP contribution in [0.15, 0.2) is 18.5 Å². The number of rotatable bonds is 1. The van der Waals surface area contributed by atoms with Crippen molar-refractivity contribution in [3.8, 4) is 0 Å². The number of hydrogen-bond donors (Lipinski definition) is 0. The Morgan fingerprint density at radius 3 is 2.21 bits per heavy atom. The molecule has 0 N–H and O–H groups in total. The molecule has 0 aliphatic carbocycles. The zero-order valence-electron chi connectivity index (χ0n) is 17.2. The topological polar surface area (TPSA) is 72.9 Å². The highest BCUT2D eigenvalue weighted by atomic mass is 16.2. The number of carbonyl (C=O) groups excluding carboxylic acids is 2. The Morgan fingerprint density at radius 1 is 0.931 bits per heavy atom. The number of likely N-dealkylation sites (tertiary alicyclic amines) is 3. The van der Waals surface area contributed by atoms with Crippen molar-refractivity contribution < 1.29 is 9.59 Å². The molecular weight excluding hydrogens is 368 g/mol. The molecule has 5 rings (SSSR count). The van der Waals surface area contributed by atoms with Gasteiger partial charge in [0, 0.05) is 70.7 Å². The van der Waals surface area contributed by atoms with E-state index in [0.717, 1.165) is 71.4 Å². The van der Waals surface area contributed by atoms with Crippen molar-refractivity contribution in [1.82, 2.24) is 24.7 Å². The van der Waals surface area contributed by atoms with E-state index in [1.807, 2.05) is 27.8 Å². The fraction of sp³-hybridized carbons (Fsp3) is 0.714. The summed E-state index contributed by atoms with van der Waals surface area (Å²) in [5.74, 6) is 0.969. The van der Waals surface area contributed by atoms with Crippen LogP contribution in [0.5, 0.6) is 0 Å². The minimum atomic E-state index is -0.385. The first kappa shape index (κ1) is 18.6. The molecule has 0 saturated carbocycles. The van der Waals surface area contributed by atoms with E-state index in [2.05, 4.69) is 14.9 Å². The molecule has 5 heterocycles. The van der Waals surface area contributed by atoms with Gasteiger partial charge in [0.25, 0.3) is 0 Å². The first-order chi connectivity index (χ1) is 14.0. The second kappa shape index (κ2) is 6.85. The lowest BCUT2D eigenvalue weighted by molar-refractivity contribution is -0.140. The van der Waals surface area contributed by atoms with Crippen molar-refractivity contribution in [3.63, 3.8) is 0 Å². The van der Waals surface area contributed by atoms with Crippen LogP contribution in [0.1, 0.15) is 32.1 Å². The van der Waals surface area contributed by atoms with Gasteiger partial charge in [0.15, 0.2) is 0 Å². The first-order valence-corrected chi connectivity index (χ1v) is 10.9. The van der Waals surface area contributed by atoms with Gasteiger partial charge in [-0.15, -0.1) is 0 Å². The van der Waals surface area contributed by atoms with Crippen molar-refractivity contribution in [2.45, 2.75) is 32.1 Å². The second-order valence-corrected chi connectivity index (χ2v) is 9.21. The number of piperidine rings is 1. The van der Waals surface area contributed by atoms with Gasteiger partial charge < -0.3 is 19.6 Å². The molecular formula is C21H30N6O2. The number of urea groups is 1. The Hall–Kier alpha value is -2.38. The molecule has 156 valence electrons. The lowest BCUT2D eigenvalue weighted by atomic mass is 9.60. The van der Waals surface area contributed by atoms with Crippen molar-refractivity contribution in [1.29, 1.82) is 0 Å². The maximum atomic E-state index is 13.4. The summed E-state index contributed by atoms with van der Waals surface area (Å²) in [6.07, 6.45) is 8.37. The van der Waals surface area contributed by atoms with E-state index in [-0.39, 0.29) is 22.8 Å². The second-order valence-electron chi connectivity index (χ2n) is 9.21. The number of nitrogens with zero attached hydrogens (tertiary/aromatic N) is 6. The fourth-order valence-electron chi connectivity index (χ4n) is 6.10. The van der Waals surface area contributed by atoms with E-state index in [1.165, 1.54) is 0 Å². The summed E-state index contributed by atoms with van der Waals surface area (Å²) in [6, 6.07) is 2.00. The maximum Gasteiger partial charge on any atom is 0.319 e. The van der Waals surface area contributed by atoms with Crippen LogP contribution < -0.4 is 4.90 Å². The molecule has 0 unspecified atom stereocenters. The highest BCUT2D eigenvalue weighted by Gasteiger charge is 2.65. The third-order valence-electron chi connectivity index (χ3n) is 7.80. The summed E-state index contributed by atoms with van der Waals surface area (Å²) in [7, 11) is 1.92. The molecule has 4 aliphatic heterocycles. The van der Waals surface area contributed by atoms with Crippen molar-refractivity contribution >= 4 is 17.9 Å². The molecule has 29 heavy (non-hydrogen) atoms. The fourth-order valence-corrected chi connectivity index (χ4v) is 6.10. The smallest absolute Gasteiger partial charge is 0.319 e. The molecule has 8 heteroatoms. The van der Waals surface area contributed by atoms with Crippen LogP contribution in [0, 0.1) is 10.8 Å². The highest BCUT2D eigenvalue weighted by molar-refractivity contribution is 5.87. The largest absolute Gasteiger partial charge is 0.345 e. The summed E-state index contributed by atoms with van der Waals surface area (Å²) >= 11 is 0.